The SMILES string of the molecule is CN1CCC(Nc2c(Cl)cnc3[nH]c(-c4ccc(N5CCN(CCNc6ccnn6C)CC5)cc4)nc23)CC1. The van der Waals surface area contributed by atoms with Gasteiger partial charge in [-0.05, 0) is 57.2 Å². The van der Waals surface area contributed by atoms with Crippen molar-refractivity contribution in [2.24, 2.45) is 7.05 Å². The average molecular weight is 549 g/mol. The molecule has 2 aliphatic heterocycles. The zero-order valence-electron chi connectivity index (χ0n) is 22.7. The van der Waals surface area contributed by atoms with E-state index in [1.807, 2.05) is 24.0 Å². The number of halogens is 1. The standard InChI is InChI=1S/C28H37ClN10/c1-36-12-8-21(9-13-36)33-25-23(29)19-31-28-26(25)34-27(35-28)20-3-5-22(6-4-20)39-17-15-38(16-18-39)14-11-30-24-7-10-32-37(24)2/h3-7,10,19,21,30H,8-9,11-18H2,1-2H3,(H2,31,33,34,35). The molecule has 0 bridgehead atoms. The third-order valence-corrected chi connectivity index (χ3v) is 8.25. The first kappa shape index (κ1) is 25.9. The smallest absolute Gasteiger partial charge is 0.159 e. The molecule has 0 amide bonds. The Labute approximate surface area is 234 Å². The number of aromatic amines is 1. The minimum atomic E-state index is 0.390. The lowest BCUT2D eigenvalue weighted by molar-refractivity contribution is 0.264. The summed E-state index contributed by atoms with van der Waals surface area (Å²) in [6, 6.07) is 11.1. The molecule has 4 aromatic rings. The molecule has 3 aromatic heterocycles. The van der Waals surface area contributed by atoms with Gasteiger partial charge in [0.25, 0.3) is 0 Å². The van der Waals surface area contributed by atoms with E-state index in [9.17, 15) is 0 Å². The molecule has 6 rings (SSSR count). The summed E-state index contributed by atoms with van der Waals surface area (Å²) < 4.78 is 1.87. The number of imidazole rings is 1. The number of H-pyrrole nitrogens is 1. The van der Waals surface area contributed by atoms with E-state index < -0.39 is 0 Å². The maximum absolute atomic E-state index is 6.58. The molecule has 0 aliphatic carbocycles. The Morgan fingerprint density at radius 2 is 1.77 bits per heavy atom. The van der Waals surface area contributed by atoms with Crippen molar-refractivity contribution in [2.75, 3.05) is 74.9 Å². The van der Waals surface area contributed by atoms with Gasteiger partial charge in [-0.15, -0.1) is 0 Å². The van der Waals surface area contributed by atoms with Gasteiger partial charge in [0.2, 0.25) is 0 Å². The molecular formula is C28H37ClN10. The number of nitrogens with one attached hydrogen (secondary N) is 3. The van der Waals surface area contributed by atoms with Crippen LogP contribution in [-0.2, 0) is 7.05 Å². The maximum atomic E-state index is 6.58. The number of hydrogen-bond donors (Lipinski definition) is 3. The highest BCUT2D eigenvalue weighted by molar-refractivity contribution is 6.34. The Hall–Kier alpha value is -3.34. The minimum absolute atomic E-state index is 0.390. The van der Waals surface area contributed by atoms with Crippen LogP contribution < -0.4 is 15.5 Å². The highest BCUT2D eigenvalue weighted by atomic mass is 35.5. The molecule has 11 heteroatoms. The van der Waals surface area contributed by atoms with Gasteiger partial charge in [-0.25, -0.2) is 9.97 Å². The third kappa shape index (κ3) is 5.83. The van der Waals surface area contributed by atoms with Crippen molar-refractivity contribution in [3.05, 3.63) is 47.7 Å². The summed E-state index contributed by atoms with van der Waals surface area (Å²) in [7, 11) is 4.13. The van der Waals surface area contributed by atoms with Gasteiger partial charge < -0.3 is 25.4 Å². The summed E-state index contributed by atoms with van der Waals surface area (Å²) in [5.74, 6) is 1.87. The summed E-state index contributed by atoms with van der Waals surface area (Å²) in [6.07, 6.45) is 5.71. The number of benzene rings is 1. The van der Waals surface area contributed by atoms with Crippen LogP contribution in [0.4, 0.5) is 17.2 Å². The molecular weight excluding hydrogens is 512 g/mol. The van der Waals surface area contributed by atoms with E-state index in [1.165, 1.54) is 5.69 Å². The van der Waals surface area contributed by atoms with E-state index in [2.05, 4.69) is 71.7 Å². The number of aromatic nitrogens is 5. The second-order valence-electron chi connectivity index (χ2n) is 10.6. The molecule has 0 spiro atoms. The van der Waals surface area contributed by atoms with Gasteiger partial charge in [0.1, 0.15) is 17.2 Å². The van der Waals surface area contributed by atoms with E-state index in [0.717, 1.165) is 99.3 Å². The monoisotopic (exact) mass is 548 g/mol. The molecule has 1 aromatic carbocycles. The van der Waals surface area contributed by atoms with E-state index >= 15 is 0 Å². The zero-order chi connectivity index (χ0) is 26.8. The van der Waals surface area contributed by atoms with Crippen molar-refractivity contribution in [3.8, 4) is 11.4 Å². The van der Waals surface area contributed by atoms with Crippen LogP contribution in [0.3, 0.4) is 0 Å². The van der Waals surface area contributed by atoms with Gasteiger partial charge in [0.05, 0.1) is 23.1 Å². The first-order valence-corrected chi connectivity index (χ1v) is 14.2. The summed E-state index contributed by atoms with van der Waals surface area (Å²) in [5.41, 5.74) is 4.72. The first-order chi connectivity index (χ1) is 19.0. The van der Waals surface area contributed by atoms with Crippen LogP contribution in [0.1, 0.15) is 12.8 Å². The second-order valence-corrected chi connectivity index (χ2v) is 11.0. The Morgan fingerprint density at radius 1 is 1.00 bits per heavy atom. The summed E-state index contributed by atoms with van der Waals surface area (Å²) in [5, 5.41) is 11.9. The summed E-state index contributed by atoms with van der Waals surface area (Å²) in [6.45, 7) is 8.25. The van der Waals surface area contributed by atoms with Gasteiger partial charge in [0, 0.05) is 69.7 Å². The minimum Gasteiger partial charge on any atom is -0.379 e. The Morgan fingerprint density at radius 3 is 2.49 bits per heavy atom. The van der Waals surface area contributed by atoms with Gasteiger partial charge in [-0.2, -0.15) is 5.10 Å². The molecule has 2 fully saturated rings. The number of fused-ring (bicyclic) bond motifs is 1. The normalized spacial score (nSPS) is 17.7. The van der Waals surface area contributed by atoms with Crippen molar-refractivity contribution in [2.45, 2.75) is 18.9 Å². The van der Waals surface area contributed by atoms with Gasteiger partial charge in [0.15, 0.2) is 5.65 Å². The highest BCUT2D eigenvalue weighted by Gasteiger charge is 2.21. The van der Waals surface area contributed by atoms with Crippen LogP contribution in [0, 0.1) is 0 Å². The van der Waals surface area contributed by atoms with Crippen LogP contribution in [0.15, 0.2) is 42.7 Å². The molecule has 206 valence electrons. The number of rotatable bonds is 8. The number of piperidine rings is 1. The predicted octanol–water partition coefficient (Wildman–Crippen LogP) is 3.75. The van der Waals surface area contributed by atoms with Crippen molar-refractivity contribution >= 4 is 40.0 Å². The summed E-state index contributed by atoms with van der Waals surface area (Å²) in [4.78, 5) is 20.2. The average Bonchev–Trinajstić information content (AvgIpc) is 3.58. The van der Waals surface area contributed by atoms with Crippen LogP contribution >= 0.6 is 11.6 Å². The molecule has 0 unspecified atom stereocenters. The second kappa shape index (κ2) is 11.4. The Kier molecular flexibility index (Phi) is 7.58. The van der Waals surface area contributed by atoms with E-state index in [0.29, 0.717) is 11.1 Å². The number of likely N-dealkylation sites (tertiary alicyclic amines) is 1. The molecule has 2 saturated heterocycles. The molecule has 0 saturated carbocycles. The molecule has 2 aliphatic rings. The van der Waals surface area contributed by atoms with Crippen LogP contribution in [-0.4, -0.2) is 100.0 Å². The van der Waals surface area contributed by atoms with Crippen molar-refractivity contribution in [3.63, 3.8) is 0 Å². The van der Waals surface area contributed by atoms with Gasteiger partial charge >= 0.3 is 0 Å². The highest BCUT2D eigenvalue weighted by Crippen LogP contribution is 2.32. The quantitative estimate of drug-likeness (QED) is 0.306. The topological polar surface area (TPSA) is 93.2 Å². The van der Waals surface area contributed by atoms with E-state index in [-0.39, 0.29) is 0 Å². The first-order valence-electron chi connectivity index (χ1n) is 13.8. The number of anilines is 3. The number of hydrogen-bond acceptors (Lipinski definition) is 8. The lowest BCUT2D eigenvalue weighted by atomic mass is 10.1. The fourth-order valence-electron chi connectivity index (χ4n) is 5.51. The molecule has 5 heterocycles. The van der Waals surface area contributed by atoms with Crippen molar-refractivity contribution in [1.29, 1.82) is 0 Å². The van der Waals surface area contributed by atoms with E-state index in [1.54, 1.807) is 6.20 Å². The molecule has 3 N–H and O–H groups in total. The predicted molar refractivity (Wildman–Crippen MR) is 159 cm³/mol. The molecule has 39 heavy (non-hydrogen) atoms. The largest absolute Gasteiger partial charge is 0.379 e. The fourth-order valence-corrected chi connectivity index (χ4v) is 5.70. The van der Waals surface area contributed by atoms with Gasteiger partial charge in [-0.1, -0.05) is 11.6 Å². The van der Waals surface area contributed by atoms with Crippen molar-refractivity contribution in [1.82, 2.24) is 34.5 Å². The molecule has 10 nitrogen and oxygen atoms in total. The number of aryl methyl sites for hydroxylation is 1. The van der Waals surface area contributed by atoms with Gasteiger partial charge in [-0.3, -0.25) is 9.58 Å². The maximum Gasteiger partial charge on any atom is 0.159 e. The van der Waals surface area contributed by atoms with Crippen LogP contribution in [0.25, 0.3) is 22.6 Å². The van der Waals surface area contributed by atoms with Crippen LogP contribution in [0.5, 0.6) is 0 Å². The zero-order valence-corrected chi connectivity index (χ0v) is 23.5. The van der Waals surface area contributed by atoms with Crippen molar-refractivity contribution < 1.29 is 0 Å². The van der Waals surface area contributed by atoms with Crippen LogP contribution in [0.2, 0.25) is 5.02 Å². The Bertz CT molecular complexity index is 1380. The van der Waals surface area contributed by atoms with E-state index in [4.69, 9.17) is 16.6 Å². The Balaban J connectivity index is 1.07. The molecule has 0 atom stereocenters. The third-order valence-electron chi connectivity index (χ3n) is 7.97. The number of piperazine rings is 1. The lowest BCUT2D eigenvalue weighted by Crippen LogP contribution is -2.47. The number of nitrogens with zero attached hydrogens (tertiary/aromatic N) is 7. The number of pyridine rings is 1. The lowest BCUT2D eigenvalue weighted by Gasteiger charge is -2.36. The fraction of sp³-hybridized carbons (Fsp3) is 0.464. The molecule has 0 radical (unpaired) electrons. The summed E-state index contributed by atoms with van der Waals surface area (Å²) >= 11 is 6.58.